The maximum absolute atomic E-state index is 5.98. The van der Waals surface area contributed by atoms with Gasteiger partial charge in [0.2, 0.25) is 0 Å². The monoisotopic (exact) mass is 166 g/mol. The molecule has 1 fully saturated rings. The molecule has 0 radical (unpaired) electrons. The van der Waals surface area contributed by atoms with E-state index in [0.29, 0.717) is 16.7 Å². The van der Waals surface area contributed by atoms with Crippen molar-refractivity contribution in [1.29, 1.82) is 0 Å². The van der Waals surface area contributed by atoms with E-state index >= 15 is 0 Å². The van der Waals surface area contributed by atoms with E-state index in [1.165, 1.54) is 6.42 Å². The molecular formula is C7H12Cl2. The molecule has 1 aliphatic rings. The fourth-order valence-electron chi connectivity index (χ4n) is 1.26. The number of alkyl halides is 2. The average molecular weight is 167 g/mol. The van der Waals surface area contributed by atoms with Crippen molar-refractivity contribution in [1.82, 2.24) is 0 Å². The summed E-state index contributed by atoms with van der Waals surface area (Å²) in [6.07, 6.45) is 3.49. The first-order chi connectivity index (χ1) is 4.22. The first-order valence-corrected chi connectivity index (χ1v) is 4.37. The summed E-state index contributed by atoms with van der Waals surface area (Å²) < 4.78 is 0. The molecule has 1 saturated carbocycles. The Balaban J connectivity index is 2.41. The molecule has 1 rings (SSSR count). The molecule has 0 aromatic rings. The Morgan fingerprint density at radius 3 is 1.89 bits per heavy atom. The van der Waals surface area contributed by atoms with Gasteiger partial charge in [-0.1, -0.05) is 13.3 Å². The highest BCUT2D eigenvalue weighted by Gasteiger charge is 2.26. The van der Waals surface area contributed by atoms with Crippen molar-refractivity contribution in [3.8, 4) is 0 Å². The Morgan fingerprint density at radius 2 is 1.56 bits per heavy atom. The highest BCUT2D eigenvalue weighted by molar-refractivity contribution is 6.24. The number of hydrogen-bond acceptors (Lipinski definition) is 0. The topological polar surface area (TPSA) is 0 Å². The highest BCUT2D eigenvalue weighted by Crippen LogP contribution is 2.31. The molecule has 0 N–H and O–H groups in total. The van der Waals surface area contributed by atoms with E-state index in [0.717, 1.165) is 12.8 Å². The van der Waals surface area contributed by atoms with Gasteiger partial charge in [-0.2, -0.15) is 0 Å². The van der Waals surface area contributed by atoms with Gasteiger partial charge >= 0.3 is 0 Å². The lowest BCUT2D eigenvalue weighted by Gasteiger charge is -2.27. The van der Waals surface area contributed by atoms with E-state index in [2.05, 4.69) is 6.92 Å². The summed E-state index contributed by atoms with van der Waals surface area (Å²) in [5.41, 5.74) is 0. The molecule has 9 heavy (non-hydrogen) atoms. The van der Waals surface area contributed by atoms with Crippen LogP contribution in [0.25, 0.3) is 0 Å². The van der Waals surface area contributed by atoms with E-state index in [9.17, 15) is 0 Å². The van der Waals surface area contributed by atoms with E-state index in [-0.39, 0.29) is 0 Å². The molecule has 54 valence electrons. The van der Waals surface area contributed by atoms with Gasteiger partial charge in [0.15, 0.2) is 0 Å². The Bertz CT molecular complexity index is 82.9. The second-order valence-corrected chi connectivity index (χ2v) is 3.94. The third kappa shape index (κ3) is 1.75. The van der Waals surface area contributed by atoms with Crippen LogP contribution in [-0.2, 0) is 0 Å². The van der Waals surface area contributed by atoms with E-state index < -0.39 is 0 Å². The van der Waals surface area contributed by atoms with Crippen molar-refractivity contribution in [2.75, 3.05) is 0 Å². The average Bonchev–Trinajstić information content (AvgIpc) is 1.83. The Kier molecular flexibility index (Phi) is 2.66. The van der Waals surface area contributed by atoms with Gasteiger partial charge in [-0.25, -0.2) is 0 Å². The summed E-state index contributed by atoms with van der Waals surface area (Å²) in [7, 11) is 0. The van der Waals surface area contributed by atoms with Gasteiger partial charge in [0.05, 0.1) is 0 Å². The number of halogens is 2. The zero-order chi connectivity index (χ0) is 6.85. The van der Waals surface area contributed by atoms with Crippen molar-refractivity contribution in [2.24, 2.45) is 5.92 Å². The predicted molar refractivity (Wildman–Crippen MR) is 42.3 cm³/mol. The van der Waals surface area contributed by atoms with Crippen molar-refractivity contribution < 1.29 is 0 Å². The molecule has 0 nitrogen and oxygen atoms in total. The van der Waals surface area contributed by atoms with Crippen molar-refractivity contribution in [2.45, 2.75) is 36.9 Å². The zero-order valence-corrected chi connectivity index (χ0v) is 7.12. The second-order valence-electron chi connectivity index (χ2n) is 2.82. The fourth-order valence-corrected chi connectivity index (χ4v) is 1.99. The first-order valence-electron chi connectivity index (χ1n) is 3.50. The number of rotatable bonds is 0. The standard InChI is InChI=1S/C7H12Cl2/c1-5-6(8)3-2-4-7(5)9/h5-7H,2-4H2,1H3/t5?,6-,7?/m0/s1. The highest BCUT2D eigenvalue weighted by atomic mass is 35.5. The van der Waals surface area contributed by atoms with Crippen molar-refractivity contribution in [3.63, 3.8) is 0 Å². The van der Waals surface area contributed by atoms with Crippen molar-refractivity contribution >= 4 is 23.2 Å². The molecule has 3 atom stereocenters. The van der Waals surface area contributed by atoms with Crippen LogP contribution in [0.15, 0.2) is 0 Å². The molecule has 0 bridgehead atoms. The largest absolute Gasteiger partial charge is 0.123 e. The van der Waals surface area contributed by atoms with Gasteiger partial charge < -0.3 is 0 Å². The molecule has 0 aromatic heterocycles. The van der Waals surface area contributed by atoms with Crippen LogP contribution in [0.1, 0.15) is 26.2 Å². The maximum atomic E-state index is 5.98. The number of hydrogen-bond donors (Lipinski definition) is 0. The van der Waals surface area contributed by atoms with Gasteiger partial charge in [-0.3, -0.25) is 0 Å². The molecule has 0 aliphatic heterocycles. The minimum absolute atomic E-state index is 0.321. The minimum atomic E-state index is 0.321. The lowest BCUT2D eigenvalue weighted by atomic mass is 9.90. The molecule has 0 saturated heterocycles. The quantitative estimate of drug-likeness (QED) is 0.486. The third-order valence-electron chi connectivity index (χ3n) is 2.10. The van der Waals surface area contributed by atoms with Gasteiger partial charge in [-0.05, 0) is 18.8 Å². The van der Waals surface area contributed by atoms with E-state index in [4.69, 9.17) is 23.2 Å². The fraction of sp³-hybridized carbons (Fsp3) is 1.00. The molecular weight excluding hydrogens is 155 g/mol. The summed E-state index contributed by atoms with van der Waals surface area (Å²) in [4.78, 5) is 0. The zero-order valence-electron chi connectivity index (χ0n) is 5.61. The van der Waals surface area contributed by atoms with Crippen LogP contribution in [-0.4, -0.2) is 10.8 Å². The van der Waals surface area contributed by atoms with Crippen LogP contribution >= 0.6 is 23.2 Å². The molecule has 0 amide bonds. The molecule has 2 heteroatoms. The van der Waals surface area contributed by atoms with Crippen molar-refractivity contribution in [3.05, 3.63) is 0 Å². The summed E-state index contributed by atoms with van der Waals surface area (Å²) in [6.45, 7) is 2.13. The third-order valence-corrected chi connectivity index (χ3v) is 3.33. The smallest absolute Gasteiger partial charge is 0.0375 e. The van der Waals surface area contributed by atoms with Crippen LogP contribution in [0.5, 0.6) is 0 Å². The summed E-state index contributed by atoms with van der Waals surface area (Å²) >= 11 is 12.0. The van der Waals surface area contributed by atoms with Gasteiger partial charge in [0.25, 0.3) is 0 Å². The molecule has 0 spiro atoms. The van der Waals surface area contributed by atoms with Gasteiger partial charge in [0.1, 0.15) is 0 Å². The second kappa shape index (κ2) is 3.12. The van der Waals surface area contributed by atoms with Crippen LogP contribution in [0.2, 0.25) is 0 Å². The SMILES string of the molecule is CC1C(Cl)CCC[C@@H]1Cl. The Morgan fingerprint density at radius 1 is 1.11 bits per heavy atom. The maximum Gasteiger partial charge on any atom is 0.0375 e. The van der Waals surface area contributed by atoms with Crippen LogP contribution in [0, 0.1) is 5.92 Å². The molecule has 2 unspecified atom stereocenters. The van der Waals surface area contributed by atoms with Gasteiger partial charge in [-0.15, -0.1) is 23.2 Å². The van der Waals surface area contributed by atoms with E-state index in [1.807, 2.05) is 0 Å². The Labute approximate surface area is 66.5 Å². The lowest BCUT2D eigenvalue weighted by Crippen LogP contribution is -2.26. The normalized spacial score (nSPS) is 45.0. The Hall–Kier alpha value is 0.580. The molecule has 1 aliphatic carbocycles. The summed E-state index contributed by atoms with van der Waals surface area (Å²) in [6, 6.07) is 0. The predicted octanol–water partition coefficient (Wildman–Crippen LogP) is 3.02. The van der Waals surface area contributed by atoms with Crippen LogP contribution in [0.4, 0.5) is 0 Å². The summed E-state index contributed by atoms with van der Waals surface area (Å²) in [5.74, 6) is 0.502. The minimum Gasteiger partial charge on any atom is -0.123 e. The van der Waals surface area contributed by atoms with Crippen LogP contribution in [0.3, 0.4) is 0 Å². The first kappa shape index (κ1) is 7.68. The van der Waals surface area contributed by atoms with E-state index in [1.54, 1.807) is 0 Å². The molecule has 0 aromatic carbocycles. The van der Waals surface area contributed by atoms with Gasteiger partial charge in [0, 0.05) is 10.8 Å². The lowest BCUT2D eigenvalue weighted by molar-refractivity contribution is 0.400. The van der Waals surface area contributed by atoms with Crippen LogP contribution < -0.4 is 0 Å². The molecule has 0 heterocycles. The summed E-state index contributed by atoms with van der Waals surface area (Å²) in [5, 5.41) is 0.641.